The zero-order chi connectivity index (χ0) is 7.44. The molecule has 9 heavy (non-hydrogen) atoms. The van der Waals surface area contributed by atoms with Crippen molar-refractivity contribution in [3.8, 4) is 0 Å². The predicted molar refractivity (Wildman–Crippen MR) is 34.9 cm³/mol. The molecule has 0 rings (SSSR count). The molecular formula is C3H5Cl2F3Si. The molecule has 0 radical (unpaired) electrons. The molecule has 0 saturated heterocycles. The molecule has 0 aliphatic rings. The van der Waals surface area contributed by atoms with Crippen LogP contribution in [-0.2, 0) is 0 Å². The molecule has 0 aromatic rings. The van der Waals surface area contributed by atoms with Gasteiger partial charge in [0.15, 0.2) is 0 Å². The van der Waals surface area contributed by atoms with Crippen LogP contribution in [0.2, 0.25) is 0 Å². The van der Waals surface area contributed by atoms with Gasteiger partial charge in [0.25, 0.3) is 6.43 Å². The van der Waals surface area contributed by atoms with Crippen LogP contribution >= 0.6 is 23.2 Å². The molecule has 0 nitrogen and oxygen atoms in total. The molecule has 0 spiro atoms. The first-order valence-electron chi connectivity index (χ1n) is 2.24. The van der Waals surface area contributed by atoms with Crippen LogP contribution in [-0.4, -0.2) is 26.2 Å². The van der Waals surface area contributed by atoms with Crippen molar-refractivity contribution >= 4 is 32.7 Å². The summed E-state index contributed by atoms with van der Waals surface area (Å²) in [6.07, 6.45) is -2.92. The maximum Gasteiger partial charge on any atom is 0.265 e. The molecule has 0 saturated carbocycles. The van der Waals surface area contributed by atoms with Crippen molar-refractivity contribution in [1.29, 1.82) is 0 Å². The van der Waals surface area contributed by atoms with E-state index in [9.17, 15) is 13.2 Å². The molecule has 0 aromatic carbocycles. The van der Waals surface area contributed by atoms with Gasteiger partial charge in [0.05, 0.1) is 4.46 Å². The van der Waals surface area contributed by atoms with Crippen LogP contribution in [0.5, 0.6) is 0 Å². The number of rotatable bonds is 3. The zero-order valence-corrected chi connectivity index (χ0v) is 7.26. The largest absolute Gasteiger partial charge is 0.265 e. The van der Waals surface area contributed by atoms with Gasteiger partial charge in [-0.25, -0.2) is 13.2 Å². The second-order valence-corrected chi connectivity index (χ2v) is 5.86. The summed E-state index contributed by atoms with van der Waals surface area (Å²) in [5, 5.41) is 0. The Morgan fingerprint density at radius 2 is 1.56 bits per heavy atom. The van der Waals surface area contributed by atoms with E-state index in [1.807, 2.05) is 0 Å². The summed E-state index contributed by atoms with van der Waals surface area (Å²) in [4.78, 5) is 0. The fourth-order valence-electron chi connectivity index (χ4n) is 0.273. The third-order valence-electron chi connectivity index (χ3n) is 0.677. The summed E-state index contributed by atoms with van der Waals surface area (Å²) in [5.74, 6) is -2.06. The van der Waals surface area contributed by atoms with E-state index in [1.54, 1.807) is 0 Å². The lowest BCUT2D eigenvalue weighted by Crippen LogP contribution is -2.24. The first-order valence-corrected chi connectivity index (χ1v) is 4.75. The van der Waals surface area contributed by atoms with Gasteiger partial charge in [0, 0.05) is 0 Å². The van der Waals surface area contributed by atoms with Crippen LogP contribution in [0.4, 0.5) is 13.2 Å². The summed E-state index contributed by atoms with van der Waals surface area (Å²) in [5.41, 5.74) is 0. The topological polar surface area (TPSA) is 0 Å². The first kappa shape index (κ1) is 9.59. The number of alkyl halides is 5. The fourth-order valence-corrected chi connectivity index (χ4v) is 1.84. The summed E-state index contributed by atoms with van der Waals surface area (Å²) in [6.45, 7) is 0. The van der Waals surface area contributed by atoms with Gasteiger partial charge in [-0.05, 0) is 0 Å². The highest BCUT2D eigenvalue weighted by Gasteiger charge is 2.22. The summed E-state index contributed by atoms with van der Waals surface area (Å²) >= 11 is 10.1. The minimum absolute atomic E-state index is 0.908. The average Bonchev–Trinajstić information content (AvgIpc) is 1.63. The van der Waals surface area contributed by atoms with Crippen molar-refractivity contribution in [2.45, 2.75) is 16.7 Å². The average molecular weight is 197 g/mol. The maximum atomic E-state index is 11.9. The third-order valence-corrected chi connectivity index (χ3v) is 2.91. The summed E-state index contributed by atoms with van der Waals surface area (Å²) < 4.78 is 33.7. The fraction of sp³-hybridized carbons (Fsp3) is 1.00. The van der Waals surface area contributed by atoms with Gasteiger partial charge in [-0.2, -0.15) is 0 Å². The summed E-state index contributed by atoms with van der Waals surface area (Å²) in [6, 6.07) is 0. The highest BCUT2D eigenvalue weighted by Crippen LogP contribution is 2.09. The standard InChI is InChI=1S/C3H5Cl2F3Si/c4-3(5)9-2(8)1(6)7/h1-3H,9H2. The molecule has 0 N–H and O–H groups in total. The minimum Gasteiger partial charge on any atom is -0.246 e. The zero-order valence-electron chi connectivity index (χ0n) is 4.33. The molecule has 6 heteroatoms. The Morgan fingerprint density at radius 1 is 1.11 bits per heavy atom. The quantitative estimate of drug-likeness (QED) is 0.474. The lowest BCUT2D eigenvalue weighted by atomic mass is 10.8. The Labute approximate surface area is 63.1 Å². The van der Waals surface area contributed by atoms with Crippen molar-refractivity contribution in [1.82, 2.24) is 0 Å². The summed E-state index contributed by atoms with van der Waals surface area (Å²) in [7, 11) is -1.66. The molecule has 0 aromatic heterocycles. The Morgan fingerprint density at radius 3 is 1.67 bits per heavy atom. The van der Waals surface area contributed by atoms with Crippen molar-refractivity contribution in [2.24, 2.45) is 0 Å². The van der Waals surface area contributed by atoms with E-state index in [0.29, 0.717) is 0 Å². The van der Waals surface area contributed by atoms with Crippen LogP contribution in [0, 0.1) is 0 Å². The van der Waals surface area contributed by atoms with E-state index in [0.717, 1.165) is 0 Å². The van der Waals surface area contributed by atoms with Gasteiger partial charge in [-0.3, -0.25) is 0 Å². The Hall–Kier alpha value is 0.587. The van der Waals surface area contributed by atoms with E-state index in [4.69, 9.17) is 23.2 Å². The Kier molecular flexibility index (Phi) is 4.70. The molecule has 0 fully saturated rings. The molecule has 1 atom stereocenters. The predicted octanol–water partition coefficient (Wildman–Crippen LogP) is 1.48. The second-order valence-electron chi connectivity index (χ2n) is 1.48. The molecule has 0 aliphatic heterocycles. The molecule has 0 aliphatic carbocycles. The van der Waals surface area contributed by atoms with Gasteiger partial charge < -0.3 is 0 Å². The number of halogens is 5. The van der Waals surface area contributed by atoms with Crippen LogP contribution in [0.15, 0.2) is 0 Å². The van der Waals surface area contributed by atoms with Gasteiger partial charge in [-0.15, -0.1) is 23.2 Å². The lowest BCUT2D eigenvalue weighted by molar-refractivity contribution is 0.0895. The minimum atomic E-state index is -2.92. The van der Waals surface area contributed by atoms with Gasteiger partial charge >= 0.3 is 0 Å². The van der Waals surface area contributed by atoms with Crippen molar-refractivity contribution < 1.29 is 13.2 Å². The lowest BCUT2D eigenvalue weighted by Gasteiger charge is -2.04. The van der Waals surface area contributed by atoms with E-state index >= 15 is 0 Å². The van der Waals surface area contributed by atoms with Crippen LogP contribution in [0.1, 0.15) is 0 Å². The maximum absolute atomic E-state index is 11.9. The first-order chi connectivity index (χ1) is 4.04. The molecule has 56 valence electrons. The molecule has 0 heterocycles. The van der Waals surface area contributed by atoms with Gasteiger partial charge in [-0.1, -0.05) is 0 Å². The molecular weight excluding hydrogens is 192 g/mol. The van der Waals surface area contributed by atoms with E-state index in [2.05, 4.69) is 0 Å². The Bertz CT molecular complexity index is 79.5. The van der Waals surface area contributed by atoms with Crippen LogP contribution < -0.4 is 0 Å². The van der Waals surface area contributed by atoms with Crippen molar-refractivity contribution in [3.63, 3.8) is 0 Å². The number of hydrogen-bond acceptors (Lipinski definition) is 0. The normalized spacial score (nSPS) is 16.3. The SMILES string of the molecule is FC(F)C(F)[SiH2]C(Cl)Cl. The highest BCUT2D eigenvalue weighted by atomic mass is 35.5. The van der Waals surface area contributed by atoms with E-state index in [-0.39, 0.29) is 0 Å². The monoisotopic (exact) mass is 196 g/mol. The van der Waals surface area contributed by atoms with Gasteiger partial charge in [0.1, 0.15) is 15.3 Å². The molecule has 0 bridgehead atoms. The molecule has 0 amide bonds. The van der Waals surface area contributed by atoms with Gasteiger partial charge in [0.2, 0.25) is 0 Å². The number of hydrogen-bond donors (Lipinski definition) is 0. The highest BCUT2D eigenvalue weighted by molar-refractivity contribution is 6.69. The third kappa shape index (κ3) is 5.05. The van der Waals surface area contributed by atoms with Crippen LogP contribution in [0.25, 0.3) is 0 Å². The van der Waals surface area contributed by atoms with Crippen LogP contribution in [0.3, 0.4) is 0 Å². The Balaban J connectivity index is 3.38. The molecule has 1 unspecified atom stereocenters. The van der Waals surface area contributed by atoms with E-state index in [1.165, 1.54) is 0 Å². The second kappa shape index (κ2) is 4.41. The van der Waals surface area contributed by atoms with Crippen molar-refractivity contribution in [2.75, 3.05) is 0 Å². The van der Waals surface area contributed by atoms with Crippen molar-refractivity contribution in [3.05, 3.63) is 0 Å². The smallest absolute Gasteiger partial charge is 0.246 e. The van der Waals surface area contributed by atoms with E-state index < -0.39 is 26.2 Å².